The largest absolute Gasteiger partial charge is 0.304 e. The number of hydrogen-bond donors (Lipinski definition) is 1. The maximum Gasteiger partial charge on any atom is 0.107 e. The van der Waals surface area contributed by atoms with E-state index in [9.17, 15) is 0 Å². The van der Waals surface area contributed by atoms with Crippen LogP contribution in [0.3, 0.4) is 0 Å². The van der Waals surface area contributed by atoms with Crippen LogP contribution in [0.1, 0.15) is 34.3 Å². The fourth-order valence-electron chi connectivity index (χ4n) is 2.49. The van der Waals surface area contributed by atoms with Crippen LogP contribution in [0, 0.1) is 6.92 Å². The van der Waals surface area contributed by atoms with Crippen LogP contribution in [0.4, 0.5) is 0 Å². The number of halogens is 1. The van der Waals surface area contributed by atoms with E-state index in [2.05, 4.69) is 49.8 Å². The molecule has 2 nitrogen and oxygen atoms in total. The summed E-state index contributed by atoms with van der Waals surface area (Å²) in [5.41, 5.74) is 4.04. The van der Waals surface area contributed by atoms with Gasteiger partial charge in [-0.3, -0.25) is 0 Å². The zero-order chi connectivity index (χ0) is 12.5. The normalized spacial score (nSPS) is 18.0. The van der Waals surface area contributed by atoms with Crippen molar-refractivity contribution in [2.45, 2.75) is 32.4 Å². The van der Waals surface area contributed by atoms with Crippen molar-refractivity contribution >= 4 is 27.3 Å². The molecule has 1 aliphatic rings. The molecule has 2 aromatic rings. The topological polar surface area (TPSA) is 24.9 Å². The number of hydrogen-bond acceptors (Lipinski definition) is 3. The molecule has 0 saturated heterocycles. The molecular formula is C14H15BrN2S. The van der Waals surface area contributed by atoms with Gasteiger partial charge in [0.05, 0.1) is 0 Å². The molecule has 0 bridgehead atoms. The number of rotatable bonds is 3. The first-order valence-corrected chi connectivity index (χ1v) is 7.82. The maximum atomic E-state index is 4.49. The molecule has 1 heterocycles. The van der Waals surface area contributed by atoms with Crippen molar-refractivity contribution in [3.05, 3.63) is 49.9 Å². The van der Waals surface area contributed by atoms with Gasteiger partial charge in [0, 0.05) is 28.1 Å². The van der Waals surface area contributed by atoms with Gasteiger partial charge in [0.25, 0.3) is 0 Å². The van der Waals surface area contributed by atoms with Crippen LogP contribution in [0.25, 0.3) is 0 Å². The zero-order valence-electron chi connectivity index (χ0n) is 10.2. The van der Waals surface area contributed by atoms with Crippen molar-refractivity contribution in [1.29, 1.82) is 0 Å². The van der Waals surface area contributed by atoms with Gasteiger partial charge in [0.15, 0.2) is 0 Å². The smallest absolute Gasteiger partial charge is 0.107 e. The third-order valence-corrected chi connectivity index (χ3v) is 4.81. The Morgan fingerprint density at radius 3 is 3.17 bits per heavy atom. The first kappa shape index (κ1) is 12.3. The molecule has 4 heteroatoms. The number of benzene rings is 1. The van der Waals surface area contributed by atoms with Gasteiger partial charge in [-0.1, -0.05) is 22.0 Å². The van der Waals surface area contributed by atoms with Crippen molar-refractivity contribution in [2.75, 3.05) is 0 Å². The van der Waals surface area contributed by atoms with E-state index in [1.165, 1.54) is 33.4 Å². The summed E-state index contributed by atoms with van der Waals surface area (Å²) in [6.07, 6.45) is 2.36. The summed E-state index contributed by atoms with van der Waals surface area (Å²) in [7, 11) is 0. The number of thiazole rings is 1. The Bertz CT molecular complexity index is 565. The molecule has 0 fully saturated rings. The molecule has 1 aliphatic carbocycles. The highest BCUT2D eigenvalue weighted by Gasteiger charge is 2.22. The molecule has 1 unspecified atom stereocenters. The van der Waals surface area contributed by atoms with E-state index in [-0.39, 0.29) is 0 Å². The van der Waals surface area contributed by atoms with Crippen molar-refractivity contribution < 1.29 is 0 Å². The third kappa shape index (κ3) is 2.51. The van der Waals surface area contributed by atoms with Crippen molar-refractivity contribution in [2.24, 2.45) is 0 Å². The SMILES string of the molecule is Cc1csc(CNC2CCc3cc(Br)ccc32)n1. The summed E-state index contributed by atoms with van der Waals surface area (Å²) in [5.74, 6) is 0. The number of nitrogens with zero attached hydrogens (tertiary/aromatic N) is 1. The van der Waals surface area contributed by atoms with Gasteiger partial charge in [0.2, 0.25) is 0 Å². The molecule has 0 amide bonds. The quantitative estimate of drug-likeness (QED) is 0.924. The predicted octanol–water partition coefficient (Wildman–Crippen LogP) is 3.99. The summed E-state index contributed by atoms with van der Waals surface area (Å²) in [5, 5.41) is 6.91. The van der Waals surface area contributed by atoms with Crippen LogP contribution in [-0.4, -0.2) is 4.98 Å². The van der Waals surface area contributed by atoms with Crippen molar-refractivity contribution in [3.8, 4) is 0 Å². The van der Waals surface area contributed by atoms with E-state index < -0.39 is 0 Å². The average Bonchev–Trinajstić information content (AvgIpc) is 2.92. The molecule has 0 radical (unpaired) electrons. The average molecular weight is 323 g/mol. The zero-order valence-corrected chi connectivity index (χ0v) is 12.6. The molecule has 0 aliphatic heterocycles. The number of aryl methyl sites for hydroxylation is 2. The Balaban J connectivity index is 1.69. The first-order valence-electron chi connectivity index (χ1n) is 6.15. The van der Waals surface area contributed by atoms with Crippen LogP contribution in [0.2, 0.25) is 0 Å². The summed E-state index contributed by atoms with van der Waals surface area (Å²) in [4.78, 5) is 4.49. The molecule has 18 heavy (non-hydrogen) atoms. The second kappa shape index (κ2) is 5.11. The number of fused-ring (bicyclic) bond motifs is 1. The van der Waals surface area contributed by atoms with Gasteiger partial charge in [0.1, 0.15) is 5.01 Å². The monoisotopic (exact) mass is 322 g/mol. The molecule has 0 saturated carbocycles. The number of aromatic nitrogens is 1. The Morgan fingerprint density at radius 2 is 2.39 bits per heavy atom. The Kier molecular flexibility index (Phi) is 3.50. The van der Waals surface area contributed by atoms with E-state index in [0.717, 1.165) is 12.2 Å². The highest BCUT2D eigenvalue weighted by molar-refractivity contribution is 9.10. The summed E-state index contributed by atoms with van der Waals surface area (Å²) >= 11 is 5.27. The second-order valence-corrected chi connectivity index (χ2v) is 6.56. The highest BCUT2D eigenvalue weighted by Crippen LogP contribution is 2.33. The Labute approximate surface area is 120 Å². The van der Waals surface area contributed by atoms with Crippen LogP contribution in [0.15, 0.2) is 28.1 Å². The fraction of sp³-hybridized carbons (Fsp3) is 0.357. The molecule has 1 N–H and O–H groups in total. The van der Waals surface area contributed by atoms with E-state index >= 15 is 0 Å². The summed E-state index contributed by atoms with van der Waals surface area (Å²) in [6.45, 7) is 2.92. The fourth-order valence-corrected chi connectivity index (χ4v) is 3.62. The summed E-state index contributed by atoms with van der Waals surface area (Å²) in [6, 6.07) is 7.09. The van der Waals surface area contributed by atoms with E-state index in [4.69, 9.17) is 0 Å². The highest BCUT2D eigenvalue weighted by atomic mass is 79.9. The van der Waals surface area contributed by atoms with Crippen molar-refractivity contribution in [1.82, 2.24) is 10.3 Å². The molecular weight excluding hydrogens is 308 g/mol. The molecule has 94 valence electrons. The molecule has 1 aromatic carbocycles. The van der Waals surface area contributed by atoms with Gasteiger partial charge in [-0.05, 0) is 43.0 Å². The van der Waals surface area contributed by atoms with Crippen LogP contribution >= 0.6 is 27.3 Å². The Hall–Kier alpha value is -0.710. The van der Waals surface area contributed by atoms with E-state index in [1.54, 1.807) is 11.3 Å². The first-order chi connectivity index (χ1) is 8.72. The molecule has 1 atom stereocenters. The van der Waals surface area contributed by atoms with Gasteiger partial charge in [-0.2, -0.15) is 0 Å². The van der Waals surface area contributed by atoms with Crippen molar-refractivity contribution in [3.63, 3.8) is 0 Å². The van der Waals surface area contributed by atoms with Crippen LogP contribution < -0.4 is 5.32 Å². The Morgan fingerprint density at radius 1 is 1.50 bits per heavy atom. The van der Waals surface area contributed by atoms with E-state index in [1.807, 2.05) is 6.92 Å². The second-order valence-electron chi connectivity index (χ2n) is 4.70. The van der Waals surface area contributed by atoms with Gasteiger partial charge in [-0.15, -0.1) is 11.3 Å². The minimum Gasteiger partial charge on any atom is -0.304 e. The molecule has 3 rings (SSSR count). The standard InChI is InChI=1S/C14H15BrN2S/c1-9-8-18-14(17-9)7-16-13-5-2-10-6-11(15)3-4-12(10)13/h3-4,6,8,13,16H,2,5,7H2,1H3. The minimum atomic E-state index is 0.484. The predicted molar refractivity (Wildman–Crippen MR) is 78.9 cm³/mol. The lowest BCUT2D eigenvalue weighted by atomic mass is 10.1. The third-order valence-electron chi connectivity index (χ3n) is 3.35. The lowest BCUT2D eigenvalue weighted by Gasteiger charge is -2.12. The van der Waals surface area contributed by atoms with Gasteiger partial charge in [-0.25, -0.2) is 4.98 Å². The molecule has 1 aromatic heterocycles. The molecule has 0 spiro atoms. The maximum absolute atomic E-state index is 4.49. The van der Waals surface area contributed by atoms with Gasteiger partial charge < -0.3 is 5.32 Å². The summed E-state index contributed by atoms with van der Waals surface area (Å²) < 4.78 is 1.18. The van der Waals surface area contributed by atoms with Crippen LogP contribution in [-0.2, 0) is 13.0 Å². The minimum absolute atomic E-state index is 0.484. The number of nitrogens with one attached hydrogen (secondary N) is 1. The lowest BCUT2D eigenvalue weighted by Crippen LogP contribution is -2.18. The van der Waals surface area contributed by atoms with Gasteiger partial charge >= 0.3 is 0 Å². The van der Waals surface area contributed by atoms with E-state index in [0.29, 0.717) is 6.04 Å². The van der Waals surface area contributed by atoms with Crippen LogP contribution in [0.5, 0.6) is 0 Å². The lowest BCUT2D eigenvalue weighted by molar-refractivity contribution is 0.529.